The minimum absolute atomic E-state index is 0. The second kappa shape index (κ2) is 11.2. The molecule has 2 aliphatic rings. The van der Waals surface area contributed by atoms with Gasteiger partial charge in [0.05, 0.1) is 0 Å². The van der Waals surface area contributed by atoms with Crippen LogP contribution in [0.3, 0.4) is 0 Å². The Morgan fingerprint density at radius 2 is 2.00 bits per heavy atom. The van der Waals surface area contributed by atoms with Crippen molar-refractivity contribution < 1.29 is 4.79 Å². The van der Waals surface area contributed by atoms with Crippen molar-refractivity contribution in [2.45, 2.75) is 46.1 Å². The number of nitrogens with one attached hydrogen (secondary N) is 2. The van der Waals surface area contributed by atoms with Crippen LogP contribution in [-0.2, 0) is 4.79 Å². The number of likely N-dealkylation sites (tertiary alicyclic amines) is 2. The fourth-order valence-electron chi connectivity index (χ4n) is 3.65. The summed E-state index contributed by atoms with van der Waals surface area (Å²) >= 11 is 0. The van der Waals surface area contributed by atoms with Gasteiger partial charge in [0, 0.05) is 51.7 Å². The first-order valence-corrected chi connectivity index (χ1v) is 9.48. The molecule has 25 heavy (non-hydrogen) atoms. The molecule has 0 aromatic heterocycles. The van der Waals surface area contributed by atoms with Crippen molar-refractivity contribution in [2.75, 3.05) is 46.3 Å². The SMILES string of the molecule is CN=C(NCCN1CCCC(C)C1)NC1CCN(C(=O)C(C)C)C1.I. The van der Waals surface area contributed by atoms with Crippen molar-refractivity contribution in [2.24, 2.45) is 16.8 Å². The Morgan fingerprint density at radius 3 is 2.64 bits per heavy atom. The molecule has 0 bridgehead atoms. The molecule has 6 nitrogen and oxygen atoms in total. The molecule has 0 radical (unpaired) electrons. The number of nitrogens with zero attached hydrogens (tertiary/aromatic N) is 3. The maximum atomic E-state index is 12.1. The van der Waals surface area contributed by atoms with E-state index in [0.29, 0.717) is 6.04 Å². The van der Waals surface area contributed by atoms with E-state index >= 15 is 0 Å². The fourth-order valence-corrected chi connectivity index (χ4v) is 3.65. The number of carbonyl (C=O) groups is 1. The molecule has 0 aliphatic carbocycles. The zero-order valence-corrected chi connectivity index (χ0v) is 18.6. The van der Waals surface area contributed by atoms with Crippen LogP contribution in [0.2, 0.25) is 0 Å². The first-order valence-electron chi connectivity index (χ1n) is 9.48. The third-order valence-corrected chi connectivity index (χ3v) is 5.02. The zero-order valence-electron chi connectivity index (χ0n) is 16.3. The molecule has 2 atom stereocenters. The normalized spacial score (nSPS) is 25.0. The van der Waals surface area contributed by atoms with Crippen molar-refractivity contribution in [1.29, 1.82) is 0 Å². The van der Waals surface area contributed by atoms with Crippen LogP contribution < -0.4 is 10.6 Å². The number of piperidine rings is 1. The van der Waals surface area contributed by atoms with Crippen molar-refractivity contribution in [3.05, 3.63) is 0 Å². The molecule has 2 saturated heterocycles. The lowest BCUT2D eigenvalue weighted by Crippen LogP contribution is -2.47. The van der Waals surface area contributed by atoms with Gasteiger partial charge in [0.2, 0.25) is 5.91 Å². The second-order valence-corrected chi connectivity index (χ2v) is 7.62. The average Bonchev–Trinajstić information content (AvgIpc) is 3.01. The minimum atomic E-state index is 0. The summed E-state index contributed by atoms with van der Waals surface area (Å²) in [5, 5.41) is 6.88. The standard InChI is InChI=1S/C18H35N5O.HI/c1-14(2)17(24)23-10-7-16(13-23)21-18(19-4)20-8-11-22-9-5-6-15(3)12-22;/h14-16H,5-13H2,1-4H3,(H2,19,20,21);1H. The van der Waals surface area contributed by atoms with Gasteiger partial charge >= 0.3 is 0 Å². The maximum Gasteiger partial charge on any atom is 0.225 e. The quantitative estimate of drug-likeness (QED) is 0.369. The van der Waals surface area contributed by atoms with Gasteiger partial charge in [-0.25, -0.2) is 0 Å². The Labute approximate surface area is 170 Å². The Balaban J connectivity index is 0.00000312. The molecule has 7 heteroatoms. The maximum absolute atomic E-state index is 12.1. The van der Waals surface area contributed by atoms with Crippen molar-refractivity contribution in [3.63, 3.8) is 0 Å². The molecule has 2 aliphatic heterocycles. The monoisotopic (exact) mass is 465 g/mol. The molecule has 1 amide bonds. The van der Waals surface area contributed by atoms with Crippen molar-refractivity contribution >= 4 is 35.8 Å². The van der Waals surface area contributed by atoms with Crippen molar-refractivity contribution in [3.8, 4) is 0 Å². The van der Waals surface area contributed by atoms with Crippen LogP contribution in [0.15, 0.2) is 4.99 Å². The summed E-state index contributed by atoms with van der Waals surface area (Å²) in [5.74, 6) is 2.00. The van der Waals surface area contributed by atoms with Crippen LogP contribution in [0, 0.1) is 11.8 Å². The summed E-state index contributed by atoms with van der Waals surface area (Å²) in [7, 11) is 1.81. The van der Waals surface area contributed by atoms with Crippen LogP contribution in [0.25, 0.3) is 0 Å². The number of hydrogen-bond donors (Lipinski definition) is 2. The summed E-state index contributed by atoms with van der Waals surface area (Å²) in [6.45, 7) is 12.3. The van der Waals surface area contributed by atoms with Crippen LogP contribution in [0.4, 0.5) is 0 Å². The molecule has 0 aromatic rings. The van der Waals surface area contributed by atoms with E-state index in [2.05, 4.69) is 27.4 Å². The molecule has 0 spiro atoms. The number of guanidine groups is 1. The predicted octanol–water partition coefficient (Wildman–Crippen LogP) is 1.76. The van der Waals surface area contributed by atoms with E-state index in [9.17, 15) is 4.79 Å². The number of halogens is 1. The highest BCUT2D eigenvalue weighted by Crippen LogP contribution is 2.14. The first kappa shape index (κ1) is 22.5. The highest BCUT2D eigenvalue weighted by molar-refractivity contribution is 14.0. The van der Waals surface area contributed by atoms with Crippen LogP contribution >= 0.6 is 24.0 Å². The average molecular weight is 465 g/mol. The van der Waals surface area contributed by atoms with Crippen LogP contribution in [0.1, 0.15) is 40.0 Å². The number of carbonyl (C=O) groups excluding carboxylic acids is 1. The van der Waals surface area contributed by atoms with Crippen LogP contribution in [-0.4, -0.2) is 74.0 Å². The third-order valence-electron chi connectivity index (χ3n) is 5.02. The molecular weight excluding hydrogens is 429 g/mol. The minimum Gasteiger partial charge on any atom is -0.355 e. The van der Waals surface area contributed by atoms with Gasteiger partial charge in [0.25, 0.3) is 0 Å². The highest BCUT2D eigenvalue weighted by Gasteiger charge is 2.28. The van der Waals surface area contributed by atoms with Gasteiger partial charge in [-0.2, -0.15) is 0 Å². The summed E-state index contributed by atoms with van der Waals surface area (Å²) in [4.78, 5) is 20.9. The Hall–Kier alpha value is -0.570. The van der Waals surface area contributed by atoms with Gasteiger partial charge in [-0.15, -0.1) is 24.0 Å². The number of aliphatic imine (C=N–C) groups is 1. The Kier molecular flexibility index (Phi) is 10.1. The van der Waals surface area contributed by atoms with E-state index in [-0.39, 0.29) is 35.8 Å². The molecule has 0 aromatic carbocycles. The lowest BCUT2D eigenvalue weighted by Gasteiger charge is -2.31. The van der Waals surface area contributed by atoms with Gasteiger partial charge in [0.15, 0.2) is 5.96 Å². The van der Waals surface area contributed by atoms with Crippen LogP contribution in [0.5, 0.6) is 0 Å². The summed E-state index contributed by atoms with van der Waals surface area (Å²) in [6, 6.07) is 0.300. The smallest absolute Gasteiger partial charge is 0.225 e. The molecule has 0 saturated carbocycles. The first-order chi connectivity index (χ1) is 11.5. The van der Waals surface area contributed by atoms with E-state index in [0.717, 1.165) is 44.5 Å². The van der Waals surface area contributed by atoms with Crippen molar-refractivity contribution in [1.82, 2.24) is 20.4 Å². The number of amides is 1. The van der Waals surface area contributed by atoms with Gasteiger partial charge in [0.1, 0.15) is 0 Å². The molecular formula is C18H36IN5O. The summed E-state index contributed by atoms with van der Waals surface area (Å²) in [5.41, 5.74) is 0. The topological polar surface area (TPSA) is 60.0 Å². The van der Waals surface area contributed by atoms with E-state index < -0.39 is 0 Å². The summed E-state index contributed by atoms with van der Waals surface area (Å²) < 4.78 is 0. The van der Waals surface area contributed by atoms with E-state index in [1.165, 1.54) is 25.9 Å². The fraction of sp³-hybridized carbons (Fsp3) is 0.889. The van der Waals surface area contributed by atoms with Gasteiger partial charge in [-0.3, -0.25) is 9.79 Å². The highest BCUT2D eigenvalue weighted by atomic mass is 127. The second-order valence-electron chi connectivity index (χ2n) is 7.62. The van der Waals surface area contributed by atoms with Gasteiger partial charge < -0.3 is 20.4 Å². The predicted molar refractivity (Wildman–Crippen MR) is 115 cm³/mol. The van der Waals surface area contributed by atoms with E-state index in [4.69, 9.17) is 0 Å². The Bertz CT molecular complexity index is 443. The number of hydrogen-bond acceptors (Lipinski definition) is 3. The molecule has 2 fully saturated rings. The van der Waals surface area contributed by atoms with Gasteiger partial charge in [-0.1, -0.05) is 20.8 Å². The molecule has 2 unspecified atom stereocenters. The largest absolute Gasteiger partial charge is 0.355 e. The van der Waals surface area contributed by atoms with E-state index in [1.807, 2.05) is 25.8 Å². The lowest BCUT2D eigenvalue weighted by atomic mass is 10.0. The zero-order chi connectivity index (χ0) is 17.5. The summed E-state index contributed by atoms with van der Waals surface area (Å²) in [6.07, 6.45) is 3.67. The van der Waals surface area contributed by atoms with E-state index in [1.54, 1.807) is 0 Å². The molecule has 2 N–H and O–H groups in total. The number of rotatable bonds is 5. The Morgan fingerprint density at radius 1 is 1.24 bits per heavy atom. The lowest BCUT2D eigenvalue weighted by molar-refractivity contribution is -0.133. The molecule has 2 rings (SSSR count). The molecule has 146 valence electrons. The third kappa shape index (κ3) is 7.29. The van der Waals surface area contributed by atoms with Gasteiger partial charge in [-0.05, 0) is 31.7 Å². The molecule has 2 heterocycles.